The minimum absolute atomic E-state index is 0.221. The fraction of sp³-hybridized carbons (Fsp3) is 0.412. The zero-order chi connectivity index (χ0) is 16.8. The Balaban J connectivity index is 1.51. The third kappa shape index (κ3) is 4.59. The van der Waals surface area contributed by atoms with Gasteiger partial charge in [-0.15, -0.1) is 11.8 Å². The predicted molar refractivity (Wildman–Crippen MR) is 92.0 cm³/mol. The van der Waals surface area contributed by atoms with E-state index >= 15 is 0 Å². The van der Waals surface area contributed by atoms with Gasteiger partial charge < -0.3 is 14.6 Å². The van der Waals surface area contributed by atoms with Crippen molar-refractivity contribution in [2.45, 2.75) is 18.0 Å². The van der Waals surface area contributed by atoms with Gasteiger partial charge in [0.25, 0.3) is 5.91 Å². The van der Waals surface area contributed by atoms with E-state index in [0.717, 1.165) is 31.9 Å². The van der Waals surface area contributed by atoms with Gasteiger partial charge in [0, 0.05) is 30.6 Å². The van der Waals surface area contributed by atoms with Crippen LogP contribution in [0.5, 0.6) is 0 Å². The number of hydrogen-bond acceptors (Lipinski definition) is 6. The molecule has 2 heterocycles. The van der Waals surface area contributed by atoms with Crippen LogP contribution in [0.2, 0.25) is 0 Å². The minimum atomic E-state index is -0.221. The van der Waals surface area contributed by atoms with E-state index in [4.69, 9.17) is 9.26 Å². The van der Waals surface area contributed by atoms with E-state index in [1.165, 1.54) is 4.90 Å². The highest BCUT2D eigenvalue weighted by atomic mass is 32.2. The number of rotatable bonds is 6. The van der Waals surface area contributed by atoms with Gasteiger partial charge in [0.15, 0.2) is 11.5 Å². The fourth-order valence-corrected chi connectivity index (χ4v) is 2.90. The minimum Gasteiger partial charge on any atom is -0.379 e. The van der Waals surface area contributed by atoms with E-state index in [0.29, 0.717) is 24.5 Å². The summed E-state index contributed by atoms with van der Waals surface area (Å²) in [6.07, 6.45) is 2.04. The number of aromatic nitrogens is 1. The van der Waals surface area contributed by atoms with Crippen molar-refractivity contribution in [3.63, 3.8) is 0 Å². The highest BCUT2D eigenvalue weighted by molar-refractivity contribution is 7.98. The number of ether oxygens (including phenoxy) is 1. The van der Waals surface area contributed by atoms with Crippen LogP contribution < -0.4 is 5.32 Å². The van der Waals surface area contributed by atoms with Crippen molar-refractivity contribution in [2.24, 2.45) is 0 Å². The first kappa shape index (κ1) is 17.0. The molecule has 7 heteroatoms. The maximum absolute atomic E-state index is 12.2. The molecule has 1 amide bonds. The van der Waals surface area contributed by atoms with Crippen molar-refractivity contribution < 1.29 is 14.1 Å². The summed E-state index contributed by atoms with van der Waals surface area (Å²) in [5.41, 5.74) is 1.37. The number of morpholine rings is 1. The number of nitrogens with one attached hydrogen (secondary N) is 1. The van der Waals surface area contributed by atoms with Gasteiger partial charge >= 0.3 is 0 Å². The second-order valence-corrected chi connectivity index (χ2v) is 6.48. The lowest BCUT2D eigenvalue weighted by molar-refractivity contribution is 0.0305. The van der Waals surface area contributed by atoms with Crippen LogP contribution in [0.3, 0.4) is 0 Å². The van der Waals surface area contributed by atoms with E-state index in [-0.39, 0.29) is 5.91 Å². The monoisotopic (exact) mass is 347 g/mol. The molecule has 0 unspecified atom stereocenters. The molecule has 1 N–H and O–H groups in total. The van der Waals surface area contributed by atoms with Crippen LogP contribution in [-0.2, 0) is 17.8 Å². The summed E-state index contributed by atoms with van der Waals surface area (Å²) < 4.78 is 10.6. The summed E-state index contributed by atoms with van der Waals surface area (Å²) in [7, 11) is 0. The van der Waals surface area contributed by atoms with Crippen molar-refractivity contribution in [2.75, 3.05) is 32.6 Å². The molecule has 0 saturated carbocycles. The molecule has 0 bridgehead atoms. The largest absolute Gasteiger partial charge is 0.379 e. The van der Waals surface area contributed by atoms with Crippen LogP contribution in [0.25, 0.3) is 0 Å². The van der Waals surface area contributed by atoms with Crippen LogP contribution in [0.1, 0.15) is 21.8 Å². The number of hydrogen-bond donors (Lipinski definition) is 1. The number of thioether (sulfide) groups is 1. The molecule has 0 spiro atoms. The summed E-state index contributed by atoms with van der Waals surface area (Å²) in [4.78, 5) is 15.6. The number of benzene rings is 1. The van der Waals surface area contributed by atoms with Gasteiger partial charge in [0.05, 0.1) is 19.8 Å². The van der Waals surface area contributed by atoms with E-state index in [1.54, 1.807) is 17.8 Å². The van der Waals surface area contributed by atoms with E-state index in [1.807, 2.05) is 30.5 Å². The molecule has 1 aliphatic heterocycles. The van der Waals surface area contributed by atoms with Crippen LogP contribution in [0, 0.1) is 0 Å². The van der Waals surface area contributed by atoms with Crippen LogP contribution in [0.4, 0.5) is 0 Å². The molecule has 0 radical (unpaired) electrons. The van der Waals surface area contributed by atoms with E-state index < -0.39 is 0 Å². The number of carbonyl (C=O) groups is 1. The third-order valence-corrected chi connectivity index (χ3v) is 4.63. The molecule has 128 valence electrons. The van der Waals surface area contributed by atoms with Gasteiger partial charge in [0.2, 0.25) is 0 Å². The Morgan fingerprint density at radius 3 is 2.75 bits per heavy atom. The Morgan fingerprint density at radius 2 is 2.04 bits per heavy atom. The van der Waals surface area contributed by atoms with Gasteiger partial charge in [-0.3, -0.25) is 9.69 Å². The molecule has 1 fully saturated rings. The van der Waals surface area contributed by atoms with Gasteiger partial charge in [-0.25, -0.2) is 0 Å². The number of carbonyl (C=O) groups excluding carboxylic acids is 1. The van der Waals surface area contributed by atoms with Gasteiger partial charge in [-0.05, 0) is 24.0 Å². The zero-order valence-corrected chi connectivity index (χ0v) is 14.5. The van der Waals surface area contributed by atoms with Crippen LogP contribution >= 0.6 is 11.8 Å². The maximum Gasteiger partial charge on any atom is 0.273 e. The first-order valence-electron chi connectivity index (χ1n) is 7.91. The van der Waals surface area contributed by atoms with Crippen molar-refractivity contribution in [3.05, 3.63) is 47.3 Å². The summed E-state index contributed by atoms with van der Waals surface area (Å²) in [5, 5.41) is 6.74. The van der Waals surface area contributed by atoms with Gasteiger partial charge in [-0.2, -0.15) is 0 Å². The van der Waals surface area contributed by atoms with Crippen LogP contribution in [0.15, 0.2) is 39.8 Å². The summed E-state index contributed by atoms with van der Waals surface area (Å²) in [5.74, 6) is 0.479. The molecule has 1 saturated heterocycles. The van der Waals surface area contributed by atoms with Crippen LogP contribution in [-0.4, -0.2) is 48.5 Å². The highest BCUT2D eigenvalue weighted by Crippen LogP contribution is 2.15. The molecule has 1 aromatic carbocycles. The fourth-order valence-electron chi connectivity index (χ4n) is 2.49. The topological polar surface area (TPSA) is 67.6 Å². The Labute approximate surface area is 145 Å². The average molecular weight is 347 g/mol. The SMILES string of the molecule is CSc1ccc(CNC(=O)c2cc(CN3CCOCC3)on2)cc1. The third-order valence-electron chi connectivity index (χ3n) is 3.89. The molecule has 3 rings (SSSR count). The van der Waals surface area contributed by atoms with E-state index in [9.17, 15) is 4.79 Å². The quantitative estimate of drug-likeness (QED) is 0.808. The summed E-state index contributed by atoms with van der Waals surface area (Å²) in [6, 6.07) is 9.82. The lowest BCUT2D eigenvalue weighted by Gasteiger charge is -2.25. The molecule has 24 heavy (non-hydrogen) atoms. The van der Waals surface area contributed by atoms with Crippen molar-refractivity contribution in [1.29, 1.82) is 0 Å². The predicted octanol–water partition coefficient (Wildman–Crippen LogP) is 2.16. The molecule has 1 aromatic heterocycles. The highest BCUT2D eigenvalue weighted by Gasteiger charge is 2.16. The average Bonchev–Trinajstić information content (AvgIpc) is 3.09. The molecule has 6 nitrogen and oxygen atoms in total. The lowest BCUT2D eigenvalue weighted by atomic mass is 10.2. The van der Waals surface area contributed by atoms with Gasteiger partial charge in [0.1, 0.15) is 0 Å². The zero-order valence-electron chi connectivity index (χ0n) is 13.7. The Morgan fingerprint density at radius 1 is 1.29 bits per heavy atom. The first-order chi connectivity index (χ1) is 11.7. The maximum atomic E-state index is 12.2. The van der Waals surface area contributed by atoms with Gasteiger partial charge in [-0.1, -0.05) is 17.3 Å². The molecule has 1 aliphatic rings. The Hall–Kier alpha value is -1.83. The molecular formula is C17H21N3O3S. The standard InChI is InChI=1S/C17H21N3O3S/c1-24-15-4-2-13(3-5-15)11-18-17(21)16-10-14(23-19-16)12-20-6-8-22-9-7-20/h2-5,10H,6-9,11-12H2,1H3,(H,18,21). The van der Waals surface area contributed by atoms with E-state index in [2.05, 4.69) is 15.4 Å². The summed E-state index contributed by atoms with van der Waals surface area (Å²) in [6.45, 7) is 4.33. The van der Waals surface area contributed by atoms with Crippen molar-refractivity contribution in [3.8, 4) is 0 Å². The molecular weight excluding hydrogens is 326 g/mol. The second-order valence-electron chi connectivity index (χ2n) is 5.60. The second kappa shape index (κ2) is 8.32. The lowest BCUT2D eigenvalue weighted by Crippen LogP contribution is -2.35. The van der Waals surface area contributed by atoms with Crippen molar-refractivity contribution >= 4 is 17.7 Å². The normalized spacial score (nSPS) is 15.4. The Kier molecular flexibility index (Phi) is 5.90. The number of amides is 1. The smallest absolute Gasteiger partial charge is 0.273 e. The van der Waals surface area contributed by atoms with Crippen molar-refractivity contribution in [1.82, 2.24) is 15.4 Å². The Bertz CT molecular complexity index is 666. The summed E-state index contributed by atoms with van der Waals surface area (Å²) >= 11 is 1.69. The molecule has 0 atom stereocenters. The molecule has 0 aliphatic carbocycles. The number of nitrogens with zero attached hydrogens (tertiary/aromatic N) is 2. The molecule has 2 aromatic rings. The first-order valence-corrected chi connectivity index (χ1v) is 9.14.